The Kier molecular flexibility index (Phi) is 5.69. The zero-order valence-electron chi connectivity index (χ0n) is 11.9. The van der Waals surface area contributed by atoms with Crippen LogP contribution in [0.3, 0.4) is 0 Å². The maximum Gasteiger partial charge on any atom is 0.242 e. The van der Waals surface area contributed by atoms with Crippen molar-refractivity contribution in [3.05, 3.63) is 23.8 Å². The summed E-state index contributed by atoms with van der Waals surface area (Å²) in [6.07, 6.45) is 0.0353. The monoisotopic (exact) mass is 310 g/mol. The Morgan fingerprint density at radius 1 is 1.43 bits per heavy atom. The lowest BCUT2D eigenvalue weighted by Gasteiger charge is -2.10. The number of hydrogen-bond donors (Lipinski definition) is 3. The zero-order valence-corrected chi connectivity index (χ0v) is 12.7. The van der Waals surface area contributed by atoms with Gasteiger partial charge in [0, 0.05) is 19.0 Å². The van der Waals surface area contributed by atoms with Crippen molar-refractivity contribution in [1.29, 1.82) is 5.26 Å². The number of benzene rings is 1. The molecule has 0 spiro atoms. The molecule has 0 fully saturated rings. The van der Waals surface area contributed by atoms with Crippen LogP contribution >= 0.6 is 0 Å². The first-order valence-corrected chi connectivity index (χ1v) is 7.83. The van der Waals surface area contributed by atoms with Crippen molar-refractivity contribution in [3.63, 3.8) is 0 Å². The average molecular weight is 310 g/mol. The van der Waals surface area contributed by atoms with Crippen molar-refractivity contribution in [3.8, 4) is 6.07 Å². The van der Waals surface area contributed by atoms with Gasteiger partial charge in [-0.05, 0) is 32.0 Å². The van der Waals surface area contributed by atoms with Gasteiger partial charge in [-0.2, -0.15) is 5.26 Å². The molecule has 0 aliphatic heterocycles. The number of carbonyl (C=O) groups is 1. The number of amides is 1. The number of anilines is 1. The highest BCUT2D eigenvalue weighted by Crippen LogP contribution is 2.19. The molecular weight excluding hydrogens is 292 g/mol. The summed E-state index contributed by atoms with van der Waals surface area (Å²) in [5.41, 5.74) is 5.90. The van der Waals surface area contributed by atoms with Gasteiger partial charge in [-0.25, -0.2) is 13.1 Å². The van der Waals surface area contributed by atoms with E-state index in [1.54, 1.807) is 0 Å². The SMILES string of the molecule is CC(C)NC(=O)CCNS(=O)(=O)c1ccc(C#N)cc1N. The molecule has 4 N–H and O–H groups in total. The third-order valence-corrected chi connectivity index (χ3v) is 4.06. The summed E-state index contributed by atoms with van der Waals surface area (Å²) in [7, 11) is -3.80. The number of nitrogens with two attached hydrogens (primary N) is 1. The fourth-order valence-corrected chi connectivity index (χ4v) is 2.78. The summed E-state index contributed by atoms with van der Waals surface area (Å²) in [6, 6.07) is 5.81. The smallest absolute Gasteiger partial charge is 0.242 e. The topological polar surface area (TPSA) is 125 Å². The van der Waals surface area contributed by atoms with Gasteiger partial charge in [0.15, 0.2) is 0 Å². The molecule has 0 bridgehead atoms. The molecule has 0 aromatic heterocycles. The molecule has 0 unspecified atom stereocenters. The summed E-state index contributed by atoms with van der Waals surface area (Å²) in [6.45, 7) is 3.61. The van der Waals surface area contributed by atoms with Crippen LogP contribution < -0.4 is 15.8 Å². The van der Waals surface area contributed by atoms with E-state index in [9.17, 15) is 13.2 Å². The molecule has 21 heavy (non-hydrogen) atoms. The van der Waals surface area contributed by atoms with Crippen molar-refractivity contribution < 1.29 is 13.2 Å². The molecule has 1 amide bonds. The Morgan fingerprint density at radius 2 is 2.10 bits per heavy atom. The Morgan fingerprint density at radius 3 is 2.62 bits per heavy atom. The molecule has 0 heterocycles. The highest BCUT2D eigenvalue weighted by atomic mass is 32.2. The summed E-state index contributed by atoms with van der Waals surface area (Å²) < 4.78 is 26.4. The predicted molar refractivity (Wildman–Crippen MR) is 78.7 cm³/mol. The van der Waals surface area contributed by atoms with E-state index in [1.807, 2.05) is 19.9 Å². The first-order valence-electron chi connectivity index (χ1n) is 6.35. The van der Waals surface area contributed by atoms with Crippen LogP contribution in [-0.4, -0.2) is 26.9 Å². The van der Waals surface area contributed by atoms with Gasteiger partial charge in [0.2, 0.25) is 15.9 Å². The summed E-state index contributed by atoms with van der Waals surface area (Å²) in [4.78, 5) is 11.3. The van der Waals surface area contributed by atoms with Crippen molar-refractivity contribution in [2.75, 3.05) is 12.3 Å². The van der Waals surface area contributed by atoms with E-state index in [0.717, 1.165) is 0 Å². The van der Waals surface area contributed by atoms with Crippen molar-refractivity contribution >= 4 is 21.6 Å². The average Bonchev–Trinajstić information content (AvgIpc) is 2.36. The molecule has 1 aromatic rings. The Hall–Kier alpha value is -2.11. The minimum atomic E-state index is -3.80. The molecule has 114 valence electrons. The van der Waals surface area contributed by atoms with Gasteiger partial charge >= 0.3 is 0 Å². The van der Waals surface area contributed by atoms with Gasteiger partial charge in [0.1, 0.15) is 4.90 Å². The minimum Gasteiger partial charge on any atom is -0.398 e. The zero-order chi connectivity index (χ0) is 16.0. The maximum atomic E-state index is 12.1. The van der Waals surface area contributed by atoms with E-state index >= 15 is 0 Å². The van der Waals surface area contributed by atoms with Crippen LogP contribution in [0.5, 0.6) is 0 Å². The van der Waals surface area contributed by atoms with E-state index in [0.29, 0.717) is 0 Å². The van der Waals surface area contributed by atoms with Crippen molar-refractivity contribution in [1.82, 2.24) is 10.0 Å². The molecule has 1 rings (SSSR count). The Balaban J connectivity index is 2.71. The lowest BCUT2D eigenvalue weighted by Crippen LogP contribution is -2.34. The summed E-state index contributed by atoms with van der Waals surface area (Å²) >= 11 is 0. The minimum absolute atomic E-state index is 0.00303. The summed E-state index contributed by atoms with van der Waals surface area (Å²) in [5.74, 6) is -0.236. The van der Waals surface area contributed by atoms with Crippen LogP contribution in [0.25, 0.3) is 0 Å². The van der Waals surface area contributed by atoms with Gasteiger partial charge in [-0.3, -0.25) is 4.79 Å². The number of carbonyl (C=O) groups excluding carboxylic acids is 1. The lowest BCUT2D eigenvalue weighted by molar-refractivity contribution is -0.121. The van der Waals surface area contributed by atoms with Crippen molar-refractivity contribution in [2.45, 2.75) is 31.2 Å². The number of nitrogens with one attached hydrogen (secondary N) is 2. The first-order chi connectivity index (χ1) is 9.76. The quantitative estimate of drug-likeness (QED) is 0.653. The van der Waals surface area contributed by atoms with Crippen LogP contribution in [0.1, 0.15) is 25.8 Å². The van der Waals surface area contributed by atoms with Gasteiger partial charge < -0.3 is 11.1 Å². The fraction of sp³-hybridized carbons (Fsp3) is 0.385. The van der Waals surface area contributed by atoms with E-state index < -0.39 is 10.0 Å². The number of rotatable bonds is 6. The van der Waals surface area contributed by atoms with Gasteiger partial charge in [0.25, 0.3) is 0 Å². The summed E-state index contributed by atoms with van der Waals surface area (Å²) in [5, 5.41) is 11.4. The third-order valence-electron chi connectivity index (χ3n) is 2.52. The molecule has 0 aliphatic carbocycles. The Bertz CT molecular complexity index is 662. The molecule has 0 radical (unpaired) electrons. The predicted octanol–water partition coefficient (Wildman–Crippen LogP) is 0.333. The number of nitriles is 1. The lowest BCUT2D eigenvalue weighted by atomic mass is 10.2. The van der Waals surface area contributed by atoms with Crippen LogP contribution in [0.4, 0.5) is 5.69 Å². The number of nitrogens with zero attached hydrogens (tertiary/aromatic N) is 1. The highest BCUT2D eigenvalue weighted by molar-refractivity contribution is 7.89. The van der Waals surface area contributed by atoms with Gasteiger partial charge in [-0.15, -0.1) is 0 Å². The van der Waals surface area contributed by atoms with Gasteiger partial charge in [0.05, 0.1) is 17.3 Å². The second-order valence-electron chi connectivity index (χ2n) is 4.73. The molecular formula is C13H18N4O3S. The molecule has 8 heteroatoms. The second-order valence-corrected chi connectivity index (χ2v) is 6.47. The fourth-order valence-electron chi connectivity index (χ4n) is 1.63. The third kappa shape index (κ3) is 5.06. The molecule has 0 saturated heterocycles. The van der Waals surface area contributed by atoms with Gasteiger partial charge in [-0.1, -0.05) is 0 Å². The highest BCUT2D eigenvalue weighted by Gasteiger charge is 2.17. The van der Waals surface area contributed by atoms with E-state index in [-0.39, 0.29) is 41.1 Å². The first kappa shape index (κ1) is 16.9. The van der Waals surface area contributed by atoms with E-state index in [1.165, 1.54) is 18.2 Å². The largest absolute Gasteiger partial charge is 0.398 e. The van der Waals surface area contributed by atoms with Crippen molar-refractivity contribution in [2.24, 2.45) is 0 Å². The molecule has 0 aliphatic rings. The number of hydrogen-bond acceptors (Lipinski definition) is 5. The van der Waals surface area contributed by atoms with Crippen LogP contribution in [0.15, 0.2) is 23.1 Å². The second kappa shape index (κ2) is 7.06. The standard InChI is InChI=1S/C13H18N4O3S/c1-9(2)17-13(18)5-6-16-21(19,20)12-4-3-10(8-14)7-11(12)15/h3-4,7,9,16H,5-6,15H2,1-2H3,(H,17,18). The van der Waals surface area contributed by atoms with E-state index in [4.69, 9.17) is 11.0 Å². The van der Waals surface area contributed by atoms with Crippen LogP contribution in [0.2, 0.25) is 0 Å². The normalized spacial score (nSPS) is 11.1. The van der Waals surface area contributed by atoms with E-state index in [2.05, 4.69) is 10.0 Å². The number of nitrogen functional groups attached to an aromatic ring is 1. The molecule has 1 aromatic carbocycles. The molecule has 0 atom stereocenters. The molecule has 7 nitrogen and oxygen atoms in total. The maximum absolute atomic E-state index is 12.1. The Labute approximate surface area is 124 Å². The van der Waals surface area contributed by atoms with Crippen LogP contribution in [-0.2, 0) is 14.8 Å². The molecule has 0 saturated carbocycles. The number of sulfonamides is 1. The van der Waals surface area contributed by atoms with Crippen LogP contribution in [0, 0.1) is 11.3 Å².